The fraction of sp³-hybridized carbons (Fsp3) is 0.917. The van der Waals surface area contributed by atoms with E-state index in [-0.39, 0.29) is 12.0 Å². The molecule has 2 aliphatic heterocycles. The Hall–Kier alpha value is -0.610. The number of piperidine rings is 1. The zero-order valence-electron chi connectivity index (χ0n) is 10.0. The summed E-state index contributed by atoms with van der Waals surface area (Å²) in [7, 11) is 0. The van der Waals surface area contributed by atoms with E-state index in [1.54, 1.807) is 0 Å². The summed E-state index contributed by atoms with van der Waals surface area (Å²) in [4.78, 5) is 14.2. The maximum absolute atomic E-state index is 12.2. The summed E-state index contributed by atoms with van der Waals surface area (Å²) in [5.41, 5.74) is 6.02. The summed E-state index contributed by atoms with van der Waals surface area (Å²) >= 11 is 0. The molecule has 2 fully saturated rings. The number of carbonyl (C=O) groups is 1. The van der Waals surface area contributed by atoms with E-state index in [0.29, 0.717) is 11.8 Å². The molecule has 0 spiro atoms. The molecule has 0 radical (unpaired) electrons. The zero-order valence-corrected chi connectivity index (χ0v) is 10.0. The van der Waals surface area contributed by atoms with Crippen molar-refractivity contribution in [1.82, 2.24) is 4.90 Å². The molecule has 0 aromatic rings. The van der Waals surface area contributed by atoms with Gasteiger partial charge in [0.05, 0.1) is 0 Å². The Kier molecular flexibility index (Phi) is 3.82. The van der Waals surface area contributed by atoms with Crippen molar-refractivity contribution < 1.29 is 9.53 Å². The summed E-state index contributed by atoms with van der Waals surface area (Å²) in [5, 5.41) is 0. The number of rotatable bonds is 1. The molecule has 2 unspecified atom stereocenters. The van der Waals surface area contributed by atoms with Crippen molar-refractivity contribution in [3.05, 3.63) is 0 Å². The van der Waals surface area contributed by atoms with Gasteiger partial charge in [0.15, 0.2) is 0 Å². The number of nitrogens with zero attached hydrogens (tertiary/aromatic N) is 1. The van der Waals surface area contributed by atoms with Gasteiger partial charge in [-0.15, -0.1) is 0 Å². The third-order valence-electron chi connectivity index (χ3n) is 3.90. The summed E-state index contributed by atoms with van der Waals surface area (Å²) in [6.07, 6.45) is 2.79. The van der Waals surface area contributed by atoms with E-state index in [2.05, 4.69) is 6.92 Å². The first-order chi connectivity index (χ1) is 7.68. The molecule has 0 aromatic heterocycles. The van der Waals surface area contributed by atoms with Gasteiger partial charge in [0.1, 0.15) is 0 Å². The van der Waals surface area contributed by atoms with Gasteiger partial charge in [-0.3, -0.25) is 4.79 Å². The molecule has 4 nitrogen and oxygen atoms in total. The average Bonchev–Trinajstić information content (AvgIpc) is 2.33. The van der Waals surface area contributed by atoms with E-state index < -0.39 is 0 Å². The zero-order chi connectivity index (χ0) is 11.5. The fourth-order valence-corrected chi connectivity index (χ4v) is 2.50. The summed E-state index contributed by atoms with van der Waals surface area (Å²) in [6.45, 7) is 5.24. The van der Waals surface area contributed by atoms with E-state index in [0.717, 1.165) is 45.6 Å². The van der Waals surface area contributed by atoms with Crippen LogP contribution in [0.3, 0.4) is 0 Å². The quantitative estimate of drug-likeness (QED) is 0.712. The number of ether oxygens (including phenoxy) is 1. The molecule has 2 N–H and O–H groups in total. The maximum atomic E-state index is 12.2. The van der Waals surface area contributed by atoms with Crippen molar-refractivity contribution in [2.75, 3.05) is 26.3 Å². The van der Waals surface area contributed by atoms with Crippen LogP contribution in [0.4, 0.5) is 0 Å². The second kappa shape index (κ2) is 5.15. The molecule has 0 aliphatic carbocycles. The third-order valence-corrected chi connectivity index (χ3v) is 3.90. The lowest BCUT2D eigenvalue weighted by Gasteiger charge is -2.37. The molecule has 1 amide bonds. The van der Waals surface area contributed by atoms with Gasteiger partial charge in [0.25, 0.3) is 0 Å². The van der Waals surface area contributed by atoms with E-state index in [1.807, 2.05) is 4.90 Å². The predicted octanol–water partition coefficient (Wildman–Crippen LogP) is 0.609. The smallest absolute Gasteiger partial charge is 0.225 e. The first-order valence-electron chi connectivity index (χ1n) is 6.30. The molecule has 0 aromatic carbocycles. The van der Waals surface area contributed by atoms with Gasteiger partial charge in [-0.2, -0.15) is 0 Å². The van der Waals surface area contributed by atoms with Crippen LogP contribution in [0.1, 0.15) is 26.2 Å². The van der Waals surface area contributed by atoms with Crippen molar-refractivity contribution in [3.8, 4) is 0 Å². The van der Waals surface area contributed by atoms with Gasteiger partial charge in [0.2, 0.25) is 5.91 Å². The molecule has 16 heavy (non-hydrogen) atoms. The Balaban J connectivity index is 1.89. The first-order valence-corrected chi connectivity index (χ1v) is 6.30. The summed E-state index contributed by atoms with van der Waals surface area (Å²) in [6, 6.07) is 0.151. The maximum Gasteiger partial charge on any atom is 0.225 e. The van der Waals surface area contributed by atoms with Gasteiger partial charge >= 0.3 is 0 Å². The van der Waals surface area contributed by atoms with Gasteiger partial charge in [-0.1, -0.05) is 6.92 Å². The van der Waals surface area contributed by atoms with Crippen molar-refractivity contribution in [2.24, 2.45) is 17.6 Å². The largest absolute Gasteiger partial charge is 0.381 e. The Bertz CT molecular complexity index is 251. The molecular weight excluding hydrogens is 204 g/mol. The highest BCUT2D eigenvalue weighted by atomic mass is 16.5. The van der Waals surface area contributed by atoms with Crippen molar-refractivity contribution in [2.45, 2.75) is 32.2 Å². The first kappa shape index (κ1) is 11.9. The highest BCUT2D eigenvalue weighted by Gasteiger charge is 2.31. The highest BCUT2D eigenvalue weighted by Crippen LogP contribution is 2.22. The van der Waals surface area contributed by atoms with Crippen molar-refractivity contribution >= 4 is 5.91 Å². The van der Waals surface area contributed by atoms with Crippen LogP contribution in [0, 0.1) is 11.8 Å². The Morgan fingerprint density at radius 3 is 2.62 bits per heavy atom. The normalized spacial score (nSPS) is 32.8. The van der Waals surface area contributed by atoms with Gasteiger partial charge in [0, 0.05) is 38.3 Å². The number of hydrogen-bond acceptors (Lipinski definition) is 3. The lowest BCUT2D eigenvalue weighted by molar-refractivity contribution is -0.140. The number of hydrogen-bond donors (Lipinski definition) is 1. The molecule has 2 heterocycles. The van der Waals surface area contributed by atoms with Crippen LogP contribution in [0.5, 0.6) is 0 Å². The van der Waals surface area contributed by atoms with Crippen LogP contribution in [-0.2, 0) is 9.53 Å². The van der Waals surface area contributed by atoms with Crippen molar-refractivity contribution in [3.63, 3.8) is 0 Å². The standard InChI is InChI=1S/C12H22N2O2/c1-9-2-5-14(8-11(9)13)12(15)10-3-6-16-7-4-10/h9-11H,2-8,13H2,1H3. The predicted molar refractivity (Wildman–Crippen MR) is 61.9 cm³/mol. The molecule has 2 rings (SSSR count). The summed E-state index contributed by atoms with van der Waals surface area (Å²) < 4.78 is 5.28. The van der Waals surface area contributed by atoms with Crippen molar-refractivity contribution in [1.29, 1.82) is 0 Å². The second-order valence-electron chi connectivity index (χ2n) is 5.10. The van der Waals surface area contributed by atoms with E-state index in [1.165, 1.54) is 0 Å². The molecule has 2 aliphatic rings. The van der Waals surface area contributed by atoms with Crippen LogP contribution in [-0.4, -0.2) is 43.2 Å². The van der Waals surface area contributed by atoms with E-state index >= 15 is 0 Å². The van der Waals surface area contributed by atoms with E-state index in [4.69, 9.17) is 10.5 Å². The minimum Gasteiger partial charge on any atom is -0.381 e. The minimum absolute atomic E-state index is 0.151. The number of likely N-dealkylation sites (tertiary alicyclic amines) is 1. The van der Waals surface area contributed by atoms with Crippen LogP contribution >= 0.6 is 0 Å². The van der Waals surface area contributed by atoms with Crippen LogP contribution in [0.25, 0.3) is 0 Å². The lowest BCUT2D eigenvalue weighted by atomic mass is 9.92. The van der Waals surface area contributed by atoms with Crippen LogP contribution in [0.2, 0.25) is 0 Å². The Labute approximate surface area is 97.1 Å². The molecular formula is C12H22N2O2. The van der Waals surface area contributed by atoms with Gasteiger partial charge in [-0.05, 0) is 25.2 Å². The number of carbonyl (C=O) groups excluding carboxylic acids is 1. The third kappa shape index (κ3) is 2.55. The fourth-order valence-electron chi connectivity index (χ4n) is 2.50. The molecule has 2 atom stereocenters. The Morgan fingerprint density at radius 2 is 2.00 bits per heavy atom. The lowest BCUT2D eigenvalue weighted by Crippen LogP contribution is -2.51. The number of amides is 1. The number of nitrogens with two attached hydrogens (primary N) is 1. The van der Waals surface area contributed by atoms with Crippen LogP contribution < -0.4 is 5.73 Å². The van der Waals surface area contributed by atoms with Crippen LogP contribution in [0.15, 0.2) is 0 Å². The van der Waals surface area contributed by atoms with E-state index in [9.17, 15) is 4.79 Å². The molecule has 0 bridgehead atoms. The molecule has 4 heteroatoms. The average molecular weight is 226 g/mol. The van der Waals surface area contributed by atoms with Gasteiger partial charge in [-0.25, -0.2) is 0 Å². The SMILES string of the molecule is CC1CCN(C(=O)C2CCOCC2)CC1N. The minimum atomic E-state index is 0.151. The molecule has 92 valence electrons. The molecule has 0 saturated carbocycles. The highest BCUT2D eigenvalue weighted by molar-refractivity contribution is 5.79. The summed E-state index contributed by atoms with van der Waals surface area (Å²) in [5.74, 6) is 1.01. The second-order valence-corrected chi connectivity index (χ2v) is 5.10. The molecule has 2 saturated heterocycles. The monoisotopic (exact) mass is 226 g/mol. The van der Waals surface area contributed by atoms with Gasteiger partial charge < -0.3 is 15.4 Å². The Morgan fingerprint density at radius 1 is 1.31 bits per heavy atom. The topological polar surface area (TPSA) is 55.6 Å².